The highest BCUT2D eigenvalue weighted by molar-refractivity contribution is 7.20. The Balaban J connectivity index is 1.95. The van der Waals surface area contributed by atoms with Gasteiger partial charge in [-0.1, -0.05) is 48.5 Å². The fraction of sp³-hybridized carbons (Fsp3) is 0.0526. The monoisotopic (exact) mass is 337 g/mol. The number of thiophene rings is 1. The second kappa shape index (κ2) is 7.10. The van der Waals surface area contributed by atoms with Crippen molar-refractivity contribution >= 4 is 28.2 Å². The van der Waals surface area contributed by atoms with Gasteiger partial charge in [0.25, 0.3) is 5.91 Å². The predicted octanol–water partition coefficient (Wildman–Crippen LogP) is 4.45. The molecule has 120 valence electrons. The second-order valence-electron chi connectivity index (χ2n) is 5.03. The van der Waals surface area contributed by atoms with E-state index in [-0.39, 0.29) is 5.91 Å². The van der Waals surface area contributed by atoms with Gasteiger partial charge in [0, 0.05) is 10.4 Å². The Hall–Kier alpha value is -2.92. The van der Waals surface area contributed by atoms with Crippen molar-refractivity contribution in [3.8, 4) is 10.4 Å². The van der Waals surface area contributed by atoms with Gasteiger partial charge in [-0.3, -0.25) is 4.79 Å². The van der Waals surface area contributed by atoms with Crippen LogP contribution in [0.4, 0.5) is 5.00 Å². The number of nitrogens with one attached hydrogen (secondary N) is 1. The van der Waals surface area contributed by atoms with Gasteiger partial charge >= 0.3 is 5.97 Å². The van der Waals surface area contributed by atoms with E-state index >= 15 is 0 Å². The van der Waals surface area contributed by atoms with Crippen LogP contribution in [0.1, 0.15) is 20.7 Å². The number of carbonyl (C=O) groups excluding carboxylic acids is 2. The molecule has 0 aliphatic rings. The molecule has 0 fully saturated rings. The Bertz CT molecular complexity index is 857. The molecule has 2 aromatic carbocycles. The minimum absolute atomic E-state index is 0.262. The SMILES string of the molecule is COC(=O)c1cc(-c2ccccc2)sc1NC(=O)c1ccccc1. The fourth-order valence-corrected chi connectivity index (χ4v) is 3.30. The van der Waals surface area contributed by atoms with E-state index in [2.05, 4.69) is 5.32 Å². The van der Waals surface area contributed by atoms with Gasteiger partial charge in [-0.2, -0.15) is 0 Å². The number of ether oxygens (including phenoxy) is 1. The minimum atomic E-state index is -0.475. The van der Waals surface area contributed by atoms with Gasteiger partial charge in [0.2, 0.25) is 0 Å². The van der Waals surface area contributed by atoms with Crippen molar-refractivity contribution in [2.75, 3.05) is 12.4 Å². The van der Waals surface area contributed by atoms with Gasteiger partial charge in [-0.25, -0.2) is 4.79 Å². The van der Waals surface area contributed by atoms with E-state index in [1.807, 2.05) is 36.4 Å². The highest BCUT2D eigenvalue weighted by Crippen LogP contribution is 2.36. The van der Waals surface area contributed by atoms with E-state index in [1.165, 1.54) is 18.4 Å². The van der Waals surface area contributed by atoms with Crippen LogP contribution in [0.5, 0.6) is 0 Å². The van der Waals surface area contributed by atoms with Crippen LogP contribution in [0.2, 0.25) is 0 Å². The van der Waals surface area contributed by atoms with Gasteiger partial charge in [0.15, 0.2) is 0 Å². The Kier molecular flexibility index (Phi) is 4.72. The Morgan fingerprint density at radius 2 is 1.58 bits per heavy atom. The number of esters is 1. The molecular weight excluding hydrogens is 322 g/mol. The number of methoxy groups -OCH3 is 1. The summed E-state index contributed by atoms with van der Waals surface area (Å²) in [5.74, 6) is -0.737. The number of benzene rings is 2. The summed E-state index contributed by atoms with van der Waals surface area (Å²) in [5, 5.41) is 3.29. The average Bonchev–Trinajstić information content (AvgIpc) is 3.06. The molecule has 1 aromatic heterocycles. The molecule has 0 radical (unpaired) electrons. The quantitative estimate of drug-likeness (QED) is 0.715. The molecule has 3 rings (SSSR count). The van der Waals surface area contributed by atoms with Gasteiger partial charge in [-0.15, -0.1) is 11.3 Å². The maximum absolute atomic E-state index is 12.4. The molecule has 0 atom stereocenters. The largest absolute Gasteiger partial charge is 0.465 e. The van der Waals surface area contributed by atoms with Crippen molar-refractivity contribution < 1.29 is 14.3 Å². The molecule has 1 amide bonds. The third-order valence-corrected chi connectivity index (χ3v) is 4.56. The molecule has 0 saturated carbocycles. The summed E-state index contributed by atoms with van der Waals surface area (Å²) in [7, 11) is 1.32. The van der Waals surface area contributed by atoms with E-state index in [0.717, 1.165) is 10.4 Å². The summed E-state index contributed by atoms with van der Waals surface area (Å²) >= 11 is 1.35. The van der Waals surface area contributed by atoms with Crippen molar-refractivity contribution in [2.24, 2.45) is 0 Å². The number of hydrogen-bond acceptors (Lipinski definition) is 4. The van der Waals surface area contributed by atoms with Crippen molar-refractivity contribution in [3.05, 3.63) is 77.9 Å². The lowest BCUT2D eigenvalue weighted by Gasteiger charge is -2.05. The molecule has 24 heavy (non-hydrogen) atoms. The topological polar surface area (TPSA) is 55.4 Å². The molecule has 3 aromatic rings. The van der Waals surface area contributed by atoms with Crippen molar-refractivity contribution in [1.82, 2.24) is 0 Å². The average molecular weight is 337 g/mol. The molecule has 0 unspecified atom stereocenters. The highest BCUT2D eigenvalue weighted by Gasteiger charge is 2.19. The zero-order valence-electron chi connectivity index (χ0n) is 13.0. The van der Waals surface area contributed by atoms with Crippen molar-refractivity contribution in [3.63, 3.8) is 0 Å². The van der Waals surface area contributed by atoms with E-state index in [1.54, 1.807) is 30.3 Å². The second-order valence-corrected chi connectivity index (χ2v) is 6.08. The van der Waals surface area contributed by atoms with Crippen LogP contribution in [0.15, 0.2) is 66.7 Å². The summed E-state index contributed by atoms with van der Waals surface area (Å²) in [6.07, 6.45) is 0. The summed E-state index contributed by atoms with van der Waals surface area (Å²) < 4.78 is 4.83. The Labute approximate surface area is 143 Å². The molecule has 0 bridgehead atoms. The van der Waals surface area contributed by atoms with E-state index < -0.39 is 5.97 Å². The van der Waals surface area contributed by atoms with Crippen LogP contribution in [0.25, 0.3) is 10.4 Å². The van der Waals surface area contributed by atoms with Crippen LogP contribution < -0.4 is 5.32 Å². The van der Waals surface area contributed by atoms with Crippen LogP contribution >= 0.6 is 11.3 Å². The lowest BCUT2D eigenvalue weighted by Crippen LogP contribution is -2.13. The molecule has 0 aliphatic heterocycles. The van der Waals surface area contributed by atoms with Crippen LogP contribution in [0.3, 0.4) is 0 Å². The van der Waals surface area contributed by atoms with Crippen LogP contribution in [-0.2, 0) is 4.74 Å². The zero-order chi connectivity index (χ0) is 16.9. The van der Waals surface area contributed by atoms with Gasteiger partial charge in [0.05, 0.1) is 12.7 Å². The number of rotatable bonds is 4. The zero-order valence-corrected chi connectivity index (χ0v) is 13.8. The summed E-state index contributed by atoms with van der Waals surface area (Å²) in [5.41, 5.74) is 1.86. The van der Waals surface area contributed by atoms with E-state index in [0.29, 0.717) is 16.1 Å². The standard InChI is InChI=1S/C19H15NO3S/c1-23-19(22)15-12-16(13-8-4-2-5-9-13)24-18(15)20-17(21)14-10-6-3-7-11-14/h2-12H,1H3,(H,20,21). The van der Waals surface area contributed by atoms with Crippen LogP contribution in [-0.4, -0.2) is 19.0 Å². The maximum atomic E-state index is 12.4. The molecule has 5 heteroatoms. The summed E-state index contributed by atoms with van der Waals surface area (Å²) in [4.78, 5) is 25.3. The normalized spacial score (nSPS) is 10.2. The van der Waals surface area contributed by atoms with Gasteiger partial charge in [0.1, 0.15) is 5.00 Å². The first kappa shape index (κ1) is 16.0. The molecular formula is C19H15NO3S. The molecule has 0 aliphatic carbocycles. The van der Waals surface area contributed by atoms with Gasteiger partial charge in [-0.05, 0) is 23.8 Å². The predicted molar refractivity (Wildman–Crippen MR) is 95.5 cm³/mol. The molecule has 1 N–H and O–H groups in total. The van der Waals surface area contributed by atoms with E-state index in [4.69, 9.17) is 4.74 Å². The first-order valence-electron chi connectivity index (χ1n) is 7.33. The van der Waals surface area contributed by atoms with Gasteiger partial charge < -0.3 is 10.1 Å². The molecule has 4 nitrogen and oxygen atoms in total. The third-order valence-electron chi connectivity index (χ3n) is 3.46. The van der Waals surface area contributed by atoms with Crippen molar-refractivity contribution in [2.45, 2.75) is 0 Å². The summed E-state index contributed by atoms with van der Waals surface area (Å²) in [6.45, 7) is 0. The maximum Gasteiger partial charge on any atom is 0.340 e. The fourth-order valence-electron chi connectivity index (χ4n) is 2.25. The van der Waals surface area contributed by atoms with E-state index in [9.17, 15) is 9.59 Å². The first-order chi connectivity index (χ1) is 11.7. The lowest BCUT2D eigenvalue weighted by molar-refractivity contribution is 0.0602. The highest BCUT2D eigenvalue weighted by atomic mass is 32.1. The molecule has 0 saturated heterocycles. The Morgan fingerprint density at radius 3 is 2.21 bits per heavy atom. The first-order valence-corrected chi connectivity index (χ1v) is 8.14. The van der Waals surface area contributed by atoms with Crippen LogP contribution in [0, 0.1) is 0 Å². The number of amides is 1. The summed E-state index contributed by atoms with van der Waals surface area (Å²) in [6, 6.07) is 20.3. The smallest absolute Gasteiger partial charge is 0.340 e. The van der Waals surface area contributed by atoms with Crippen molar-refractivity contribution in [1.29, 1.82) is 0 Å². The lowest BCUT2D eigenvalue weighted by atomic mass is 10.1. The number of hydrogen-bond donors (Lipinski definition) is 1. The molecule has 1 heterocycles. The third kappa shape index (κ3) is 3.36. The number of carbonyl (C=O) groups is 2. The Morgan fingerprint density at radius 1 is 0.958 bits per heavy atom. The minimum Gasteiger partial charge on any atom is -0.465 e. The molecule has 0 spiro atoms. The number of anilines is 1.